The van der Waals surface area contributed by atoms with Gasteiger partial charge in [-0.3, -0.25) is 0 Å². The molecule has 0 aromatic heterocycles. The van der Waals surface area contributed by atoms with Gasteiger partial charge in [-0.15, -0.1) is 0 Å². The van der Waals surface area contributed by atoms with Crippen molar-refractivity contribution in [3.63, 3.8) is 0 Å². The Morgan fingerprint density at radius 2 is 2.13 bits per heavy atom. The van der Waals surface area contributed by atoms with Gasteiger partial charge in [-0.1, -0.05) is 18.2 Å². The lowest BCUT2D eigenvalue weighted by Crippen LogP contribution is -2.29. The molecular weight excluding hydrogens is 289 g/mol. The zero-order chi connectivity index (χ0) is 16.2. The summed E-state index contributed by atoms with van der Waals surface area (Å²) < 4.78 is 13.5. The van der Waals surface area contributed by atoms with E-state index in [1.54, 1.807) is 18.2 Å². The van der Waals surface area contributed by atoms with Crippen molar-refractivity contribution >= 4 is 0 Å². The predicted molar refractivity (Wildman–Crippen MR) is 91.3 cm³/mol. The van der Waals surface area contributed by atoms with E-state index >= 15 is 0 Å². The van der Waals surface area contributed by atoms with Gasteiger partial charge in [0.2, 0.25) is 0 Å². The summed E-state index contributed by atoms with van der Waals surface area (Å²) in [5.74, 6) is 1.06. The van der Waals surface area contributed by atoms with Gasteiger partial charge in [0.15, 0.2) is 0 Å². The average Bonchev–Trinajstić information content (AvgIpc) is 2.53. The maximum atomic E-state index is 13.5. The second-order valence-corrected chi connectivity index (χ2v) is 6.53. The molecule has 2 aromatic carbocycles. The Morgan fingerprint density at radius 3 is 2.91 bits per heavy atom. The van der Waals surface area contributed by atoms with Gasteiger partial charge in [-0.2, -0.15) is 0 Å². The van der Waals surface area contributed by atoms with Gasteiger partial charge in [-0.25, -0.2) is 4.39 Å². The van der Waals surface area contributed by atoms with Gasteiger partial charge in [-0.05, 0) is 92.1 Å². The summed E-state index contributed by atoms with van der Waals surface area (Å²) in [6.45, 7) is 0.904. The molecule has 0 spiro atoms. The third-order valence-corrected chi connectivity index (χ3v) is 4.91. The van der Waals surface area contributed by atoms with E-state index in [9.17, 15) is 9.50 Å². The Balaban J connectivity index is 1.87. The van der Waals surface area contributed by atoms with E-state index in [0.717, 1.165) is 37.8 Å². The van der Waals surface area contributed by atoms with Crippen LogP contribution in [0, 0.1) is 11.7 Å². The van der Waals surface area contributed by atoms with Crippen LogP contribution >= 0.6 is 0 Å². The van der Waals surface area contributed by atoms with E-state index in [1.807, 2.05) is 19.2 Å². The minimum absolute atomic E-state index is 0.167. The number of phenols is 1. The van der Waals surface area contributed by atoms with Gasteiger partial charge in [0, 0.05) is 0 Å². The number of nitrogens with one attached hydrogen (secondary N) is 1. The molecular formula is C20H24FNO. The zero-order valence-electron chi connectivity index (χ0n) is 13.6. The number of phenolic OH excluding ortho intramolecular Hbond substituents is 1. The normalized spacial score (nSPS) is 18.4. The fourth-order valence-electron chi connectivity index (χ4n) is 3.91. The van der Waals surface area contributed by atoms with E-state index in [1.165, 1.54) is 17.2 Å². The number of fused-ring (bicyclic) bond motifs is 1. The predicted octanol–water partition coefficient (Wildman–Crippen LogP) is 4.03. The molecule has 0 aliphatic heterocycles. The first-order valence-electron chi connectivity index (χ1n) is 8.38. The van der Waals surface area contributed by atoms with Crippen LogP contribution in [0.1, 0.15) is 35.4 Å². The molecule has 0 radical (unpaired) electrons. The molecule has 0 saturated heterocycles. The summed E-state index contributed by atoms with van der Waals surface area (Å²) >= 11 is 0. The van der Waals surface area contributed by atoms with Crippen molar-refractivity contribution in [1.29, 1.82) is 0 Å². The Bertz CT molecular complexity index is 670. The van der Waals surface area contributed by atoms with Crippen LogP contribution in [-0.4, -0.2) is 18.7 Å². The highest BCUT2D eigenvalue weighted by atomic mass is 19.1. The summed E-state index contributed by atoms with van der Waals surface area (Å²) in [6.07, 6.45) is 4.19. The molecule has 0 heterocycles. The Labute approximate surface area is 137 Å². The van der Waals surface area contributed by atoms with Crippen molar-refractivity contribution in [2.24, 2.45) is 5.92 Å². The number of aryl methyl sites for hydroxylation is 1. The van der Waals surface area contributed by atoms with E-state index in [2.05, 4.69) is 11.4 Å². The highest BCUT2D eigenvalue weighted by molar-refractivity contribution is 5.39. The molecule has 2 unspecified atom stereocenters. The van der Waals surface area contributed by atoms with Crippen LogP contribution in [0.4, 0.5) is 4.39 Å². The minimum atomic E-state index is -0.167. The van der Waals surface area contributed by atoms with Crippen LogP contribution < -0.4 is 5.32 Å². The Morgan fingerprint density at radius 1 is 1.26 bits per heavy atom. The third kappa shape index (κ3) is 3.73. The van der Waals surface area contributed by atoms with Crippen LogP contribution in [0.3, 0.4) is 0 Å². The summed E-state index contributed by atoms with van der Waals surface area (Å²) in [4.78, 5) is 0. The number of benzene rings is 2. The molecule has 0 fully saturated rings. The average molecular weight is 313 g/mol. The van der Waals surface area contributed by atoms with Gasteiger partial charge in [0.05, 0.1) is 0 Å². The molecule has 122 valence electrons. The van der Waals surface area contributed by atoms with Crippen molar-refractivity contribution in [3.05, 3.63) is 65.0 Å². The lowest BCUT2D eigenvalue weighted by molar-refractivity contribution is 0.364. The summed E-state index contributed by atoms with van der Waals surface area (Å²) in [7, 11) is 1.97. The maximum Gasteiger partial charge on any atom is 0.123 e. The Kier molecular flexibility index (Phi) is 4.97. The molecule has 0 saturated carbocycles. The molecule has 3 heteroatoms. The van der Waals surface area contributed by atoms with Crippen molar-refractivity contribution < 1.29 is 9.50 Å². The standard InChI is InChI=1S/C20H24FNO/c1-22-13-16(10-14-4-2-6-17(21)11-14)19-7-3-5-15-12-18(23)8-9-20(15)19/h2,4,6,8-9,11-12,16,19,22-23H,3,5,7,10,13H2,1H3. The van der Waals surface area contributed by atoms with E-state index in [-0.39, 0.29) is 5.82 Å². The number of rotatable bonds is 5. The molecule has 2 N–H and O–H groups in total. The van der Waals surface area contributed by atoms with Crippen LogP contribution in [0.2, 0.25) is 0 Å². The molecule has 3 rings (SSSR count). The highest BCUT2D eigenvalue weighted by Gasteiger charge is 2.28. The fourth-order valence-corrected chi connectivity index (χ4v) is 3.91. The maximum absolute atomic E-state index is 13.5. The molecule has 1 aliphatic carbocycles. The van der Waals surface area contributed by atoms with Gasteiger partial charge < -0.3 is 10.4 Å². The van der Waals surface area contributed by atoms with Crippen LogP contribution in [0.5, 0.6) is 5.75 Å². The molecule has 1 aliphatic rings. The number of hydrogen-bond acceptors (Lipinski definition) is 2. The SMILES string of the molecule is CNCC(Cc1cccc(F)c1)C1CCCc2cc(O)ccc21. The first-order valence-corrected chi connectivity index (χ1v) is 8.38. The molecule has 0 bridgehead atoms. The van der Waals surface area contributed by atoms with Gasteiger partial charge in [0.25, 0.3) is 0 Å². The summed E-state index contributed by atoms with van der Waals surface area (Å²) in [5.41, 5.74) is 3.67. The lowest BCUT2D eigenvalue weighted by Gasteiger charge is -2.33. The summed E-state index contributed by atoms with van der Waals surface area (Å²) in [6, 6.07) is 12.7. The topological polar surface area (TPSA) is 32.3 Å². The van der Waals surface area contributed by atoms with Crippen molar-refractivity contribution in [3.8, 4) is 5.75 Å². The van der Waals surface area contributed by atoms with Crippen molar-refractivity contribution in [2.45, 2.75) is 31.6 Å². The van der Waals surface area contributed by atoms with Crippen molar-refractivity contribution in [2.75, 3.05) is 13.6 Å². The second-order valence-electron chi connectivity index (χ2n) is 6.53. The zero-order valence-corrected chi connectivity index (χ0v) is 13.6. The first-order chi connectivity index (χ1) is 11.2. The third-order valence-electron chi connectivity index (χ3n) is 4.91. The monoisotopic (exact) mass is 313 g/mol. The van der Waals surface area contributed by atoms with E-state index in [0.29, 0.717) is 17.6 Å². The lowest BCUT2D eigenvalue weighted by atomic mass is 9.73. The molecule has 2 aromatic rings. The van der Waals surface area contributed by atoms with Crippen LogP contribution in [-0.2, 0) is 12.8 Å². The van der Waals surface area contributed by atoms with Crippen LogP contribution in [0.25, 0.3) is 0 Å². The Hall–Kier alpha value is -1.87. The van der Waals surface area contributed by atoms with E-state index < -0.39 is 0 Å². The van der Waals surface area contributed by atoms with Gasteiger partial charge >= 0.3 is 0 Å². The van der Waals surface area contributed by atoms with E-state index in [4.69, 9.17) is 0 Å². The smallest absolute Gasteiger partial charge is 0.123 e. The first kappa shape index (κ1) is 16.0. The molecule has 2 nitrogen and oxygen atoms in total. The molecule has 0 amide bonds. The highest BCUT2D eigenvalue weighted by Crippen LogP contribution is 2.39. The second kappa shape index (κ2) is 7.14. The fraction of sp³-hybridized carbons (Fsp3) is 0.400. The number of hydrogen-bond donors (Lipinski definition) is 2. The minimum Gasteiger partial charge on any atom is -0.508 e. The summed E-state index contributed by atoms with van der Waals surface area (Å²) in [5, 5.41) is 13.0. The largest absolute Gasteiger partial charge is 0.508 e. The molecule has 23 heavy (non-hydrogen) atoms. The quantitative estimate of drug-likeness (QED) is 0.873. The number of halogens is 1. The van der Waals surface area contributed by atoms with Crippen molar-refractivity contribution in [1.82, 2.24) is 5.32 Å². The number of aromatic hydroxyl groups is 1. The van der Waals surface area contributed by atoms with Crippen LogP contribution in [0.15, 0.2) is 42.5 Å². The molecule has 2 atom stereocenters. The van der Waals surface area contributed by atoms with Gasteiger partial charge in [0.1, 0.15) is 11.6 Å².